The zero-order chi connectivity index (χ0) is 15.2. The summed E-state index contributed by atoms with van der Waals surface area (Å²) in [6.07, 6.45) is 6.56. The molecular weight excluding hydrogens is 282 g/mol. The lowest BCUT2D eigenvalue weighted by atomic mass is 9.91. The van der Waals surface area contributed by atoms with Crippen molar-refractivity contribution in [2.75, 3.05) is 12.3 Å². The minimum Gasteiger partial charge on any atom is -0.330 e. The van der Waals surface area contributed by atoms with Gasteiger partial charge in [0.05, 0.1) is 10.8 Å². The van der Waals surface area contributed by atoms with Gasteiger partial charge >= 0.3 is 0 Å². The number of aryl methyl sites for hydroxylation is 1. The fourth-order valence-electron chi connectivity index (χ4n) is 2.98. The average Bonchev–Trinajstić information content (AvgIpc) is 2.48. The van der Waals surface area contributed by atoms with E-state index >= 15 is 0 Å². The van der Waals surface area contributed by atoms with E-state index in [1.165, 1.54) is 32.1 Å². The van der Waals surface area contributed by atoms with E-state index in [4.69, 9.17) is 5.73 Å². The van der Waals surface area contributed by atoms with Crippen LogP contribution in [0, 0.1) is 12.8 Å². The van der Waals surface area contributed by atoms with Gasteiger partial charge in [-0.2, -0.15) is 0 Å². The summed E-state index contributed by atoms with van der Waals surface area (Å²) < 4.78 is 12.6. The molecule has 1 atom stereocenters. The van der Waals surface area contributed by atoms with Crippen LogP contribution in [-0.4, -0.2) is 22.3 Å². The maximum atomic E-state index is 12.6. The van der Waals surface area contributed by atoms with Crippen LogP contribution in [0.1, 0.15) is 54.4 Å². The standard InChI is InChI=1S/C17H25NO2S/c1-13-9-15(17(19)7-8-18)11-16(10-13)21(20)12-14-5-3-2-4-6-14/h9-11,14H,2-8,12,18H2,1H3. The lowest BCUT2D eigenvalue weighted by Crippen LogP contribution is -2.15. The molecule has 0 heterocycles. The van der Waals surface area contributed by atoms with E-state index < -0.39 is 10.8 Å². The van der Waals surface area contributed by atoms with Gasteiger partial charge in [0, 0.05) is 22.6 Å². The molecule has 21 heavy (non-hydrogen) atoms. The summed E-state index contributed by atoms with van der Waals surface area (Å²) in [7, 11) is -1.01. The molecule has 0 spiro atoms. The summed E-state index contributed by atoms with van der Waals surface area (Å²) in [4.78, 5) is 12.8. The third-order valence-corrected chi connectivity index (χ3v) is 5.65. The van der Waals surface area contributed by atoms with Gasteiger partial charge in [0.15, 0.2) is 5.78 Å². The van der Waals surface area contributed by atoms with Crippen molar-refractivity contribution in [1.29, 1.82) is 0 Å². The lowest BCUT2D eigenvalue weighted by Gasteiger charge is -2.21. The highest BCUT2D eigenvalue weighted by molar-refractivity contribution is 7.85. The van der Waals surface area contributed by atoms with E-state index in [0.29, 0.717) is 24.4 Å². The van der Waals surface area contributed by atoms with Crippen molar-refractivity contribution in [3.63, 3.8) is 0 Å². The first-order valence-electron chi connectivity index (χ1n) is 7.83. The molecule has 0 radical (unpaired) electrons. The molecule has 1 aliphatic carbocycles. The van der Waals surface area contributed by atoms with Crippen LogP contribution in [0.2, 0.25) is 0 Å². The highest BCUT2D eigenvalue weighted by atomic mass is 32.2. The van der Waals surface area contributed by atoms with E-state index in [2.05, 4.69) is 0 Å². The first kappa shape index (κ1) is 16.4. The Labute approximate surface area is 129 Å². The summed E-state index contributed by atoms with van der Waals surface area (Å²) >= 11 is 0. The van der Waals surface area contributed by atoms with Crippen molar-refractivity contribution < 1.29 is 9.00 Å². The van der Waals surface area contributed by atoms with Crippen molar-refractivity contribution in [1.82, 2.24) is 0 Å². The molecule has 4 heteroatoms. The molecule has 1 unspecified atom stereocenters. The molecule has 0 aliphatic heterocycles. The van der Waals surface area contributed by atoms with E-state index in [1.54, 1.807) is 6.07 Å². The van der Waals surface area contributed by atoms with Crippen molar-refractivity contribution in [3.8, 4) is 0 Å². The summed E-state index contributed by atoms with van der Waals surface area (Å²) in [6.45, 7) is 2.30. The molecule has 0 aromatic heterocycles. The number of carbonyl (C=O) groups excluding carboxylic acids is 1. The number of ketones is 1. The smallest absolute Gasteiger partial charge is 0.164 e. The molecular formula is C17H25NO2S. The molecule has 1 aromatic rings. The second-order valence-electron chi connectivity index (χ2n) is 6.01. The van der Waals surface area contributed by atoms with Gasteiger partial charge in [0.2, 0.25) is 0 Å². The highest BCUT2D eigenvalue weighted by Crippen LogP contribution is 2.26. The summed E-state index contributed by atoms with van der Waals surface area (Å²) in [5, 5.41) is 0. The van der Waals surface area contributed by atoms with Crippen molar-refractivity contribution in [2.24, 2.45) is 11.7 Å². The molecule has 1 saturated carbocycles. The fourth-order valence-corrected chi connectivity index (χ4v) is 4.51. The van der Waals surface area contributed by atoms with Crippen LogP contribution in [0.4, 0.5) is 0 Å². The number of rotatable bonds is 6. The Morgan fingerprint density at radius 1 is 1.24 bits per heavy atom. The molecule has 0 saturated heterocycles. The zero-order valence-electron chi connectivity index (χ0n) is 12.8. The monoisotopic (exact) mass is 307 g/mol. The predicted molar refractivity (Wildman–Crippen MR) is 87.0 cm³/mol. The molecule has 1 aliphatic rings. The van der Waals surface area contributed by atoms with Gasteiger partial charge in [-0.1, -0.05) is 19.3 Å². The Bertz CT molecular complexity index is 522. The Morgan fingerprint density at radius 2 is 1.95 bits per heavy atom. The molecule has 2 rings (SSSR count). The Balaban J connectivity index is 2.10. The van der Waals surface area contributed by atoms with E-state index in [9.17, 15) is 9.00 Å². The van der Waals surface area contributed by atoms with Crippen LogP contribution in [0.3, 0.4) is 0 Å². The number of nitrogens with two attached hydrogens (primary N) is 1. The fraction of sp³-hybridized carbons (Fsp3) is 0.588. The number of hydrogen-bond acceptors (Lipinski definition) is 3. The van der Waals surface area contributed by atoms with Gasteiger partial charge in [0.25, 0.3) is 0 Å². The van der Waals surface area contributed by atoms with Gasteiger partial charge in [-0.05, 0) is 56.0 Å². The highest BCUT2D eigenvalue weighted by Gasteiger charge is 2.18. The second kappa shape index (κ2) is 7.85. The maximum Gasteiger partial charge on any atom is 0.164 e. The summed E-state index contributed by atoms with van der Waals surface area (Å²) in [5.41, 5.74) is 7.08. The Kier molecular flexibility index (Phi) is 6.12. The molecule has 1 aromatic carbocycles. The third-order valence-electron chi connectivity index (χ3n) is 4.12. The van der Waals surface area contributed by atoms with Crippen molar-refractivity contribution >= 4 is 16.6 Å². The van der Waals surface area contributed by atoms with E-state index in [-0.39, 0.29) is 5.78 Å². The molecule has 3 nitrogen and oxygen atoms in total. The lowest BCUT2D eigenvalue weighted by molar-refractivity contribution is 0.0985. The third kappa shape index (κ3) is 4.75. The first-order valence-corrected chi connectivity index (χ1v) is 9.15. The molecule has 0 bridgehead atoms. The normalized spacial score (nSPS) is 17.6. The minimum absolute atomic E-state index is 0.0390. The number of hydrogen-bond donors (Lipinski definition) is 1. The van der Waals surface area contributed by atoms with Crippen LogP contribution < -0.4 is 5.73 Å². The van der Waals surface area contributed by atoms with Gasteiger partial charge < -0.3 is 5.73 Å². The minimum atomic E-state index is -1.01. The largest absolute Gasteiger partial charge is 0.330 e. The van der Waals surface area contributed by atoms with Crippen molar-refractivity contribution in [3.05, 3.63) is 29.3 Å². The molecule has 1 fully saturated rings. The van der Waals surface area contributed by atoms with Crippen LogP contribution in [0.5, 0.6) is 0 Å². The topological polar surface area (TPSA) is 60.2 Å². The summed E-state index contributed by atoms with van der Waals surface area (Å²) in [5.74, 6) is 1.34. The number of Topliss-reactive ketones (excluding diaryl/α,β-unsaturated/α-hetero) is 1. The number of carbonyl (C=O) groups is 1. The van der Waals surface area contributed by atoms with E-state index in [0.717, 1.165) is 16.2 Å². The van der Waals surface area contributed by atoms with Crippen LogP contribution in [0.15, 0.2) is 23.1 Å². The molecule has 116 valence electrons. The van der Waals surface area contributed by atoms with Gasteiger partial charge in [-0.15, -0.1) is 0 Å². The Morgan fingerprint density at radius 3 is 2.62 bits per heavy atom. The summed E-state index contributed by atoms with van der Waals surface area (Å²) in [6, 6.07) is 5.60. The first-order chi connectivity index (χ1) is 10.1. The van der Waals surface area contributed by atoms with E-state index in [1.807, 2.05) is 19.1 Å². The van der Waals surface area contributed by atoms with Gasteiger partial charge in [0.1, 0.15) is 0 Å². The Hall–Kier alpha value is -1.00. The maximum absolute atomic E-state index is 12.6. The zero-order valence-corrected chi connectivity index (χ0v) is 13.6. The van der Waals surface area contributed by atoms with Crippen LogP contribution in [0.25, 0.3) is 0 Å². The second-order valence-corrected chi connectivity index (χ2v) is 7.51. The quantitative estimate of drug-likeness (QED) is 0.821. The SMILES string of the molecule is Cc1cc(C(=O)CCN)cc(S(=O)CC2CCCCC2)c1. The van der Waals surface area contributed by atoms with Crippen LogP contribution >= 0.6 is 0 Å². The molecule has 0 amide bonds. The average molecular weight is 307 g/mol. The predicted octanol–water partition coefficient (Wildman–Crippen LogP) is 3.21. The number of benzene rings is 1. The van der Waals surface area contributed by atoms with Gasteiger partial charge in [-0.3, -0.25) is 9.00 Å². The van der Waals surface area contributed by atoms with Crippen molar-refractivity contribution in [2.45, 2.75) is 50.3 Å². The van der Waals surface area contributed by atoms with Crippen LogP contribution in [-0.2, 0) is 10.8 Å². The molecule has 2 N–H and O–H groups in total. The van der Waals surface area contributed by atoms with Gasteiger partial charge in [-0.25, -0.2) is 0 Å².